The lowest BCUT2D eigenvalue weighted by atomic mass is 10.3. The van der Waals surface area contributed by atoms with E-state index in [1.807, 2.05) is 6.92 Å². The third kappa shape index (κ3) is 3.72. The number of amides is 1. The molecule has 1 amide bonds. The van der Waals surface area contributed by atoms with E-state index in [1.165, 1.54) is 30.0 Å². The van der Waals surface area contributed by atoms with Crippen molar-refractivity contribution >= 4 is 35.0 Å². The number of nitrogens with zero attached hydrogens (tertiary/aromatic N) is 3. The van der Waals surface area contributed by atoms with Gasteiger partial charge in [-0.25, -0.2) is 4.39 Å². The van der Waals surface area contributed by atoms with Crippen molar-refractivity contribution < 1.29 is 9.18 Å². The van der Waals surface area contributed by atoms with Crippen LogP contribution in [0.3, 0.4) is 0 Å². The first-order valence-electron chi connectivity index (χ1n) is 7.85. The molecule has 1 fully saturated rings. The number of hydrogen-bond acceptors (Lipinski definition) is 4. The molecule has 0 saturated heterocycles. The Morgan fingerprint density at radius 2 is 2.25 bits per heavy atom. The van der Waals surface area contributed by atoms with Crippen molar-refractivity contribution in [3.05, 3.63) is 34.9 Å². The van der Waals surface area contributed by atoms with Crippen molar-refractivity contribution in [2.24, 2.45) is 0 Å². The Balaban J connectivity index is 1.68. The highest BCUT2D eigenvalue weighted by Crippen LogP contribution is 2.40. The molecule has 1 N–H and O–H groups in total. The molecule has 2 aromatic rings. The Morgan fingerprint density at radius 1 is 1.50 bits per heavy atom. The second kappa shape index (κ2) is 7.11. The molecule has 1 heterocycles. The van der Waals surface area contributed by atoms with Crippen molar-refractivity contribution in [3.8, 4) is 0 Å². The van der Waals surface area contributed by atoms with Crippen LogP contribution in [0.25, 0.3) is 0 Å². The summed E-state index contributed by atoms with van der Waals surface area (Å²) in [4.78, 5) is 12.4. The van der Waals surface area contributed by atoms with Crippen LogP contribution in [0, 0.1) is 5.82 Å². The fourth-order valence-electron chi connectivity index (χ4n) is 2.36. The maximum Gasteiger partial charge on any atom is 0.237 e. The van der Waals surface area contributed by atoms with E-state index in [0.29, 0.717) is 11.6 Å². The van der Waals surface area contributed by atoms with Crippen LogP contribution in [0.2, 0.25) is 5.02 Å². The van der Waals surface area contributed by atoms with Gasteiger partial charge in [0.2, 0.25) is 5.91 Å². The number of carbonyl (C=O) groups is 1. The molecule has 0 spiro atoms. The minimum atomic E-state index is -0.441. The van der Waals surface area contributed by atoms with E-state index in [4.69, 9.17) is 11.6 Å². The number of carbonyl (C=O) groups excluding carboxylic acids is 1. The summed E-state index contributed by atoms with van der Waals surface area (Å²) in [7, 11) is 0. The first-order valence-corrected chi connectivity index (χ1v) is 9.11. The predicted octanol–water partition coefficient (Wildman–Crippen LogP) is 4.09. The Hall–Kier alpha value is -1.60. The van der Waals surface area contributed by atoms with Gasteiger partial charge in [-0.05, 0) is 44.9 Å². The van der Waals surface area contributed by atoms with Gasteiger partial charge in [-0.3, -0.25) is 4.79 Å². The van der Waals surface area contributed by atoms with Gasteiger partial charge in [0.1, 0.15) is 11.6 Å². The Bertz CT molecular complexity index is 763. The van der Waals surface area contributed by atoms with Gasteiger partial charge in [-0.15, -0.1) is 10.2 Å². The molecule has 5 nitrogen and oxygen atoms in total. The second-order valence-electron chi connectivity index (χ2n) is 5.73. The lowest BCUT2D eigenvalue weighted by Crippen LogP contribution is -2.23. The molecule has 1 atom stereocenters. The average Bonchev–Trinajstić information content (AvgIpc) is 3.31. The van der Waals surface area contributed by atoms with E-state index < -0.39 is 5.82 Å². The third-order valence-electron chi connectivity index (χ3n) is 3.84. The summed E-state index contributed by atoms with van der Waals surface area (Å²) in [6.07, 6.45) is 2.31. The maximum absolute atomic E-state index is 13.1. The smallest absolute Gasteiger partial charge is 0.237 e. The predicted molar refractivity (Wildman–Crippen MR) is 93.0 cm³/mol. The summed E-state index contributed by atoms with van der Waals surface area (Å²) < 4.78 is 15.1. The van der Waals surface area contributed by atoms with Crippen molar-refractivity contribution in [1.82, 2.24) is 14.8 Å². The zero-order valence-corrected chi connectivity index (χ0v) is 15.0. The first kappa shape index (κ1) is 17.2. The maximum atomic E-state index is 13.1. The standard InChI is InChI=1S/C16H18ClFN4OS/c1-3-22-14(10-4-5-10)20-21-16(22)24-9(2)15(23)19-13-7-6-11(18)8-12(13)17/h6-10H,3-5H2,1-2H3,(H,19,23). The summed E-state index contributed by atoms with van der Waals surface area (Å²) in [5.74, 6) is 0.861. The van der Waals surface area contributed by atoms with Gasteiger partial charge in [0.15, 0.2) is 5.16 Å². The molecule has 128 valence electrons. The van der Waals surface area contributed by atoms with E-state index in [1.54, 1.807) is 6.92 Å². The van der Waals surface area contributed by atoms with Crippen molar-refractivity contribution in [2.45, 2.75) is 49.6 Å². The monoisotopic (exact) mass is 368 g/mol. The van der Waals surface area contributed by atoms with Crippen molar-refractivity contribution in [2.75, 3.05) is 5.32 Å². The zero-order valence-electron chi connectivity index (χ0n) is 13.4. The molecule has 1 aliphatic carbocycles. The molecular weight excluding hydrogens is 351 g/mol. The number of thioether (sulfide) groups is 1. The minimum Gasteiger partial charge on any atom is -0.324 e. The number of anilines is 1. The topological polar surface area (TPSA) is 59.8 Å². The van der Waals surface area contributed by atoms with Crippen LogP contribution < -0.4 is 5.32 Å². The fourth-order valence-corrected chi connectivity index (χ4v) is 3.50. The molecule has 0 radical (unpaired) electrons. The van der Waals surface area contributed by atoms with Crippen LogP contribution in [-0.4, -0.2) is 25.9 Å². The van der Waals surface area contributed by atoms with Gasteiger partial charge >= 0.3 is 0 Å². The lowest BCUT2D eigenvalue weighted by molar-refractivity contribution is -0.115. The van der Waals surface area contributed by atoms with Crippen LogP contribution in [0.15, 0.2) is 23.4 Å². The van der Waals surface area contributed by atoms with Gasteiger partial charge in [0, 0.05) is 12.5 Å². The number of aromatic nitrogens is 3. The molecule has 1 unspecified atom stereocenters. The quantitative estimate of drug-likeness (QED) is 0.780. The first-order chi connectivity index (χ1) is 11.5. The molecule has 24 heavy (non-hydrogen) atoms. The van der Waals surface area contributed by atoms with Gasteiger partial charge in [0.05, 0.1) is 16.0 Å². The molecule has 8 heteroatoms. The highest BCUT2D eigenvalue weighted by molar-refractivity contribution is 8.00. The molecule has 1 saturated carbocycles. The van der Waals surface area contributed by atoms with Gasteiger partial charge in [-0.1, -0.05) is 23.4 Å². The van der Waals surface area contributed by atoms with Gasteiger partial charge in [0.25, 0.3) is 0 Å². The molecule has 1 aliphatic rings. The minimum absolute atomic E-state index is 0.174. The third-order valence-corrected chi connectivity index (χ3v) is 5.24. The normalized spacial score (nSPS) is 15.3. The largest absolute Gasteiger partial charge is 0.324 e. The van der Waals surface area contributed by atoms with Crippen molar-refractivity contribution in [1.29, 1.82) is 0 Å². The highest BCUT2D eigenvalue weighted by atomic mass is 35.5. The SMILES string of the molecule is CCn1c(SC(C)C(=O)Nc2ccc(F)cc2Cl)nnc1C1CC1. The summed E-state index contributed by atoms with van der Waals surface area (Å²) in [6.45, 7) is 4.62. The van der Waals surface area contributed by atoms with E-state index in [-0.39, 0.29) is 16.2 Å². The van der Waals surface area contributed by atoms with Gasteiger partial charge in [-0.2, -0.15) is 0 Å². The van der Waals surface area contributed by atoms with Gasteiger partial charge < -0.3 is 9.88 Å². The number of benzene rings is 1. The molecule has 0 bridgehead atoms. The lowest BCUT2D eigenvalue weighted by Gasteiger charge is -2.13. The molecular formula is C16H18ClFN4OS. The Kier molecular flexibility index (Phi) is 5.10. The highest BCUT2D eigenvalue weighted by Gasteiger charge is 2.30. The molecule has 1 aromatic heterocycles. The Morgan fingerprint density at radius 3 is 2.88 bits per heavy atom. The van der Waals surface area contributed by atoms with Crippen LogP contribution in [-0.2, 0) is 11.3 Å². The summed E-state index contributed by atoms with van der Waals surface area (Å²) >= 11 is 7.30. The van der Waals surface area contributed by atoms with Crippen LogP contribution in [0.1, 0.15) is 38.4 Å². The average molecular weight is 369 g/mol. The Labute approximate surface area is 149 Å². The van der Waals surface area contributed by atoms with Crippen LogP contribution >= 0.6 is 23.4 Å². The van der Waals surface area contributed by atoms with Crippen molar-refractivity contribution in [3.63, 3.8) is 0 Å². The van der Waals surface area contributed by atoms with Crippen LogP contribution in [0.5, 0.6) is 0 Å². The van der Waals surface area contributed by atoms with E-state index in [0.717, 1.165) is 30.4 Å². The summed E-state index contributed by atoms with van der Waals surface area (Å²) in [5.41, 5.74) is 0.395. The number of nitrogens with one attached hydrogen (secondary N) is 1. The number of rotatable bonds is 6. The molecule has 3 rings (SSSR count). The fraction of sp³-hybridized carbons (Fsp3) is 0.438. The van der Waals surface area contributed by atoms with Crippen LogP contribution in [0.4, 0.5) is 10.1 Å². The van der Waals surface area contributed by atoms with E-state index >= 15 is 0 Å². The zero-order chi connectivity index (χ0) is 17.3. The summed E-state index contributed by atoms with van der Waals surface area (Å²) in [6, 6.07) is 3.88. The number of halogens is 2. The summed E-state index contributed by atoms with van der Waals surface area (Å²) in [5, 5.41) is 11.8. The number of hydrogen-bond donors (Lipinski definition) is 1. The van der Waals surface area contributed by atoms with E-state index in [2.05, 4.69) is 20.1 Å². The molecule has 1 aromatic carbocycles. The second-order valence-corrected chi connectivity index (χ2v) is 7.45. The van der Waals surface area contributed by atoms with E-state index in [9.17, 15) is 9.18 Å². The molecule has 0 aliphatic heterocycles.